The molecule has 0 atom stereocenters. The molecule has 4 aromatic rings. The fraction of sp³-hybridized carbons (Fsp3) is 0.290. The summed E-state index contributed by atoms with van der Waals surface area (Å²) >= 11 is 0. The highest BCUT2D eigenvalue weighted by atomic mass is 32.2. The van der Waals surface area contributed by atoms with Gasteiger partial charge in [-0.3, -0.25) is 18.3 Å². The number of carbonyl (C=O) groups excluding carboxylic acids is 2. The van der Waals surface area contributed by atoms with Crippen LogP contribution < -0.4 is 9.62 Å². The van der Waals surface area contributed by atoms with Gasteiger partial charge in [-0.25, -0.2) is 12.8 Å². The van der Waals surface area contributed by atoms with E-state index in [-0.39, 0.29) is 69.8 Å². The average molecular weight is 673 g/mol. The molecule has 7 nitrogen and oxygen atoms in total. The summed E-state index contributed by atoms with van der Waals surface area (Å²) in [5, 5.41) is 1.77. The lowest BCUT2D eigenvalue weighted by molar-refractivity contribution is -0.278. The van der Waals surface area contributed by atoms with E-state index in [1.807, 2.05) is 0 Å². The van der Waals surface area contributed by atoms with Gasteiger partial charge in [0.1, 0.15) is 17.2 Å². The van der Waals surface area contributed by atoms with E-state index in [9.17, 15) is 48.7 Å². The maximum atomic E-state index is 13.7. The first-order valence-corrected chi connectivity index (χ1v) is 15.6. The molecule has 0 radical (unpaired) electrons. The van der Waals surface area contributed by atoms with Gasteiger partial charge in [-0.15, -0.1) is 0 Å². The minimum Gasteiger partial charge on any atom is -0.455 e. The number of sulfonamides is 1. The third-order valence-corrected chi connectivity index (χ3v) is 8.18. The zero-order valence-electron chi connectivity index (χ0n) is 24.4. The van der Waals surface area contributed by atoms with Crippen molar-refractivity contribution in [1.82, 2.24) is 5.32 Å². The van der Waals surface area contributed by atoms with Crippen LogP contribution in [0.3, 0.4) is 0 Å². The number of furan rings is 1. The number of ketones is 1. The van der Waals surface area contributed by atoms with Gasteiger partial charge in [-0.2, -0.15) is 22.0 Å². The Bertz CT molecular complexity index is 1870. The Morgan fingerprint density at radius 3 is 2.22 bits per heavy atom. The number of Topliss-reactive ketones (excluding diaryl/α,β-unsaturated/α-hetero) is 1. The van der Waals surface area contributed by atoms with Crippen molar-refractivity contribution in [3.8, 4) is 22.5 Å². The molecule has 1 heterocycles. The Morgan fingerprint density at radius 2 is 1.63 bits per heavy atom. The number of benzene rings is 3. The highest BCUT2D eigenvalue weighted by Gasteiger charge is 2.57. The molecule has 0 spiro atoms. The van der Waals surface area contributed by atoms with Crippen molar-refractivity contribution in [3.05, 3.63) is 77.6 Å². The van der Waals surface area contributed by atoms with Crippen molar-refractivity contribution < 1.29 is 53.2 Å². The molecular formula is C31H27F7N2O5S. The van der Waals surface area contributed by atoms with Crippen LogP contribution in [0.1, 0.15) is 40.5 Å². The molecule has 0 aliphatic heterocycles. The Labute approximate surface area is 259 Å². The van der Waals surface area contributed by atoms with E-state index in [0.29, 0.717) is 5.56 Å². The molecule has 0 unspecified atom stereocenters. The molecule has 1 aromatic heterocycles. The second-order valence-corrected chi connectivity index (χ2v) is 12.2. The molecular weight excluding hydrogens is 645 g/mol. The number of rotatable bonds is 12. The van der Waals surface area contributed by atoms with E-state index in [4.69, 9.17) is 4.42 Å². The largest absolute Gasteiger partial charge is 0.455 e. The first kappa shape index (κ1) is 34.5. The highest BCUT2D eigenvalue weighted by Crippen LogP contribution is 2.42. The van der Waals surface area contributed by atoms with Gasteiger partial charge in [0.15, 0.2) is 5.78 Å². The predicted molar refractivity (Wildman–Crippen MR) is 158 cm³/mol. The van der Waals surface area contributed by atoms with Gasteiger partial charge in [0.25, 0.3) is 5.91 Å². The number of nitrogens with one attached hydrogen (secondary N) is 1. The standard InChI is InChI=1S/C31H27F7N2O5S/c1-3-25(41)27-23-15-22(19-6-4-7-20(14-19)29(42)39-17-30(34,35)31(36,37)38)24(40(13-5-12-32)46(2,43)44)16-26(23)45-28(27)18-8-10-21(33)11-9-18/h4,6-11,14-16H,3,5,12-13,17H2,1-2H3,(H,39,42). The van der Waals surface area contributed by atoms with Gasteiger partial charge in [0.2, 0.25) is 10.0 Å². The van der Waals surface area contributed by atoms with Crippen LogP contribution in [0.4, 0.5) is 36.4 Å². The van der Waals surface area contributed by atoms with Gasteiger partial charge in [-0.1, -0.05) is 19.1 Å². The molecule has 0 fully saturated rings. The van der Waals surface area contributed by atoms with Crippen LogP contribution in [-0.2, 0) is 10.0 Å². The lowest BCUT2D eigenvalue weighted by atomic mass is 9.95. The van der Waals surface area contributed by atoms with Crippen LogP contribution in [0.5, 0.6) is 0 Å². The fourth-order valence-corrected chi connectivity index (χ4v) is 5.69. The number of anilines is 1. The van der Waals surface area contributed by atoms with Crippen LogP contribution in [0, 0.1) is 5.82 Å². The Balaban J connectivity index is 1.95. The Kier molecular flexibility index (Phi) is 9.85. The van der Waals surface area contributed by atoms with Crippen molar-refractivity contribution in [2.75, 3.05) is 30.3 Å². The quantitative estimate of drug-likeness (QED) is 0.124. The van der Waals surface area contributed by atoms with E-state index < -0.39 is 47.1 Å². The van der Waals surface area contributed by atoms with E-state index >= 15 is 0 Å². The maximum absolute atomic E-state index is 13.7. The van der Waals surface area contributed by atoms with Crippen molar-refractivity contribution >= 4 is 38.4 Å². The first-order valence-electron chi connectivity index (χ1n) is 13.7. The minimum atomic E-state index is -5.90. The molecule has 246 valence electrons. The molecule has 0 saturated carbocycles. The molecule has 1 N–H and O–H groups in total. The average Bonchev–Trinajstić information content (AvgIpc) is 3.37. The molecule has 0 aliphatic rings. The Morgan fingerprint density at radius 1 is 0.957 bits per heavy atom. The van der Waals surface area contributed by atoms with Crippen LogP contribution >= 0.6 is 0 Å². The van der Waals surface area contributed by atoms with Crippen LogP contribution in [-0.4, -0.2) is 58.2 Å². The van der Waals surface area contributed by atoms with Crippen molar-refractivity contribution in [1.29, 1.82) is 0 Å². The van der Waals surface area contributed by atoms with Crippen LogP contribution in [0.15, 0.2) is 65.1 Å². The van der Waals surface area contributed by atoms with Crippen LogP contribution in [0.2, 0.25) is 0 Å². The third kappa shape index (κ3) is 7.19. The number of hydrogen-bond donors (Lipinski definition) is 1. The number of carbonyl (C=O) groups is 2. The van der Waals surface area contributed by atoms with Crippen molar-refractivity contribution in [2.24, 2.45) is 0 Å². The number of alkyl halides is 6. The summed E-state index contributed by atoms with van der Waals surface area (Å²) in [5.74, 6) is -7.33. The van der Waals surface area contributed by atoms with Gasteiger partial charge in [0, 0.05) is 41.1 Å². The first-order chi connectivity index (χ1) is 21.5. The molecule has 1 amide bonds. The topological polar surface area (TPSA) is 96.7 Å². The van der Waals surface area contributed by atoms with Crippen molar-refractivity contribution in [2.45, 2.75) is 31.9 Å². The summed E-state index contributed by atoms with van der Waals surface area (Å²) in [5.41, 5.74) is 0.287. The normalized spacial score (nSPS) is 12.4. The fourth-order valence-electron chi connectivity index (χ4n) is 4.72. The summed E-state index contributed by atoms with van der Waals surface area (Å²) in [7, 11) is -4.09. The third-order valence-electron chi connectivity index (χ3n) is 7.00. The molecule has 3 aromatic carbocycles. The molecule has 0 aliphatic carbocycles. The highest BCUT2D eigenvalue weighted by molar-refractivity contribution is 7.92. The lowest BCUT2D eigenvalue weighted by Crippen LogP contribution is -2.46. The van der Waals surface area contributed by atoms with E-state index in [1.54, 1.807) is 12.2 Å². The number of halogens is 7. The SMILES string of the molecule is CCC(=O)c1c(-c2ccc(F)cc2)oc2cc(N(CCCF)S(C)(=O)=O)c(-c3cccc(C(=O)NCC(F)(F)C(F)(F)F)c3)cc12. The molecule has 0 bridgehead atoms. The summed E-state index contributed by atoms with van der Waals surface area (Å²) in [6.07, 6.45) is -5.21. The smallest absolute Gasteiger partial charge is 0.455 e. The summed E-state index contributed by atoms with van der Waals surface area (Å²) in [6.45, 7) is -1.62. The van der Waals surface area contributed by atoms with Gasteiger partial charge >= 0.3 is 12.1 Å². The second-order valence-electron chi connectivity index (χ2n) is 10.3. The van der Waals surface area contributed by atoms with E-state index in [2.05, 4.69) is 0 Å². The monoisotopic (exact) mass is 672 g/mol. The molecule has 46 heavy (non-hydrogen) atoms. The molecule has 15 heteroatoms. The van der Waals surface area contributed by atoms with E-state index in [1.165, 1.54) is 36.4 Å². The van der Waals surface area contributed by atoms with Crippen LogP contribution in [0.25, 0.3) is 33.4 Å². The molecule has 0 saturated heterocycles. The zero-order chi connectivity index (χ0) is 34.0. The number of hydrogen-bond acceptors (Lipinski definition) is 5. The number of nitrogens with zero attached hydrogens (tertiary/aromatic N) is 1. The van der Waals surface area contributed by atoms with Crippen molar-refractivity contribution in [3.63, 3.8) is 0 Å². The molecule has 4 rings (SSSR count). The second kappa shape index (κ2) is 13.1. The van der Waals surface area contributed by atoms with Gasteiger partial charge in [0.05, 0.1) is 30.7 Å². The summed E-state index contributed by atoms with van der Waals surface area (Å²) in [6, 6.07) is 12.8. The maximum Gasteiger partial charge on any atom is 0.455 e. The number of fused-ring (bicyclic) bond motifs is 1. The summed E-state index contributed by atoms with van der Waals surface area (Å²) < 4.78 is 124. The van der Waals surface area contributed by atoms with E-state index in [0.717, 1.165) is 34.8 Å². The summed E-state index contributed by atoms with van der Waals surface area (Å²) in [4.78, 5) is 25.9. The van der Waals surface area contributed by atoms with Gasteiger partial charge < -0.3 is 9.73 Å². The number of amides is 1. The lowest BCUT2D eigenvalue weighted by Gasteiger charge is -2.25. The Hall–Kier alpha value is -4.40. The van der Waals surface area contributed by atoms with Gasteiger partial charge in [-0.05, 0) is 54.4 Å². The zero-order valence-corrected chi connectivity index (χ0v) is 25.2. The predicted octanol–water partition coefficient (Wildman–Crippen LogP) is 7.55. The minimum absolute atomic E-state index is 0.0179.